The van der Waals surface area contributed by atoms with Gasteiger partial charge >= 0.3 is 6.18 Å². The first-order valence-corrected chi connectivity index (χ1v) is 9.13. The van der Waals surface area contributed by atoms with Crippen molar-refractivity contribution in [1.82, 2.24) is 0 Å². The van der Waals surface area contributed by atoms with E-state index in [9.17, 15) is 13.2 Å². The van der Waals surface area contributed by atoms with Gasteiger partial charge in [-0.2, -0.15) is 13.2 Å². The molecule has 6 heteroatoms. The van der Waals surface area contributed by atoms with Crippen LogP contribution in [0.5, 0.6) is 11.5 Å². The van der Waals surface area contributed by atoms with Gasteiger partial charge in [0.2, 0.25) is 5.60 Å². The van der Waals surface area contributed by atoms with E-state index in [0.717, 1.165) is 7.11 Å². The van der Waals surface area contributed by atoms with Crippen molar-refractivity contribution in [2.75, 3.05) is 20.8 Å². The third-order valence-corrected chi connectivity index (χ3v) is 5.75. The summed E-state index contributed by atoms with van der Waals surface area (Å²) in [7, 11) is 2.66. The van der Waals surface area contributed by atoms with Gasteiger partial charge in [-0.15, -0.1) is 0 Å². The second-order valence-electron chi connectivity index (χ2n) is 7.05. The number of halogens is 3. The third-order valence-electron chi connectivity index (χ3n) is 5.75. The Morgan fingerprint density at radius 3 is 2.55 bits per heavy atom. The molecule has 0 N–H and O–H groups in total. The van der Waals surface area contributed by atoms with Crippen molar-refractivity contribution in [2.45, 2.75) is 11.8 Å². The van der Waals surface area contributed by atoms with E-state index in [1.807, 2.05) is 0 Å². The number of benzene rings is 3. The molecular weight excluding hydrogens is 381 g/mol. The highest BCUT2D eigenvalue weighted by molar-refractivity contribution is 6.08. The van der Waals surface area contributed by atoms with Crippen LogP contribution in [0.15, 0.2) is 48.5 Å². The van der Waals surface area contributed by atoms with Crippen LogP contribution >= 0.6 is 0 Å². The monoisotopic (exact) mass is 398 g/mol. The summed E-state index contributed by atoms with van der Waals surface area (Å²) in [5, 5.41) is 1.39. The number of fused-ring (bicyclic) bond motifs is 8. The normalized spacial score (nSPS) is 19.5. The number of alkyl halides is 3. The van der Waals surface area contributed by atoms with Crippen molar-refractivity contribution in [1.29, 1.82) is 0 Å². The molecule has 29 heavy (non-hydrogen) atoms. The van der Waals surface area contributed by atoms with E-state index in [-0.39, 0.29) is 17.7 Å². The maximum absolute atomic E-state index is 14.7. The molecule has 0 aromatic heterocycles. The fourth-order valence-corrected chi connectivity index (χ4v) is 4.61. The summed E-state index contributed by atoms with van der Waals surface area (Å²) < 4.78 is 60.5. The van der Waals surface area contributed by atoms with Crippen LogP contribution in [-0.2, 0) is 10.3 Å². The van der Waals surface area contributed by atoms with Gasteiger partial charge in [0.15, 0.2) is 0 Å². The molecule has 148 valence electrons. The molecule has 2 aliphatic rings. The minimum atomic E-state index is -4.66. The van der Waals surface area contributed by atoms with E-state index in [0.29, 0.717) is 39.0 Å². The molecule has 0 radical (unpaired) electrons. The van der Waals surface area contributed by atoms with E-state index in [2.05, 4.69) is 0 Å². The number of methoxy groups -OCH3 is 2. The average molecular weight is 398 g/mol. The first-order chi connectivity index (χ1) is 13.9. The Balaban J connectivity index is 2.04. The molecule has 0 spiro atoms. The van der Waals surface area contributed by atoms with Crippen LogP contribution in [-0.4, -0.2) is 27.0 Å². The van der Waals surface area contributed by atoms with Gasteiger partial charge in [-0.05, 0) is 40.8 Å². The van der Waals surface area contributed by atoms with Gasteiger partial charge in [0.1, 0.15) is 18.1 Å². The summed E-state index contributed by atoms with van der Waals surface area (Å²) in [5.41, 5.74) is -0.971. The van der Waals surface area contributed by atoms with Crippen LogP contribution in [0, 0.1) is 0 Å². The fourth-order valence-electron chi connectivity index (χ4n) is 4.61. The maximum Gasteiger partial charge on any atom is 0.426 e. The molecule has 0 saturated carbocycles. The quantitative estimate of drug-likeness (QED) is 0.555. The zero-order chi connectivity index (χ0) is 20.4. The highest BCUT2D eigenvalue weighted by Crippen LogP contribution is 2.61. The van der Waals surface area contributed by atoms with Crippen molar-refractivity contribution >= 4 is 16.8 Å². The molecule has 5 rings (SSSR count). The van der Waals surface area contributed by atoms with Gasteiger partial charge in [0.05, 0.1) is 7.11 Å². The van der Waals surface area contributed by atoms with Gasteiger partial charge in [0, 0.05) is 29.2 Å². The number of hydrogen-bond acceptors (Lipinski definition) is 3. The van der Waals surface area contributed by atoms with E-state index in [4.69, 9.17) is 14.2 Å². The highest BCUT2D eigenvalue weighted by Gasteiger charge is 2.63. The van der Waals surface area contributed by atoms with Crippen molar-refractivity contribution in [3.05, 3.63) is 65.2 Å². The standard InChI is InChI=1S/C23H17F3O3/c1-27-13-9-10-14-17(12-13)21-16(7-5-11-29-21)20-19(14)15-6-3-4-8-18(15)22(20,28-2)23(24,25)26/h3-10,12H,11H2,1-2H3. The first-order valence-electron chi connectivity index (χ1n) is 9.13. The minimum Gasteiger partial charge on any atom is -0.497 e. The molecule has 3 aromatic rings. The number of hydrogen-bond donors (Lipinski definition) is 0. The van der Waals surface area contributed by atoms with E-state index in [1.54, 1.807) is 55.7 Å². The van der Waals surface area contributed by atoms with Gasteiger partial charge < -0.3 is 14.2 Å². The second-order valence-corrected chi connectivity index (χ2v) is 7.05. The largest absolute Gasteiger partial charge is 0.497 e. The van der Waals surface area contributed by atoms with Crippen molar-refractivity contribution < 1.29 is 27.4 Å². The van der Waals surface area contributed by atoms with Crippen LogP contribution in [0.2, 0.25) is 0 Å². The Morgan fingerprint density at radius 2 is 1.83 bits per heavy atom. The molecule has 0 amide bonds. The molecule has 1 aliphatic carbocycles. The van der Waals surface area contributed by atoms with Crippen LogP contribution in [0.25, 0.3) is 28.0 Å². The lowest BCUT2D eigenvalue weighted by Crippen LogP contribution is -2.44. The molecule has 1 heterocycles. The van der Waals surface area contributed by atoms with E-state index < -0.39 is 11.8 Å². The minimum absolute atomic E-state index is 0.0808. The molecule has 1 atom stereocenters. The van der Waals surface area contributed by atoms with Gasteiger partial charge in [0.25, 0.3) is 0 Å². The lowest BCUT2D eigenvalue weighted by Gasteiger charge is -2.34. The van der Waals surface area contributed by atoms with Crippen LogP contribution < -0.4 is 9.47 Å². The zero-order valence-corrected chi connectivity index (χ0v) is 15.8. The number of ether oxygens (including phenoxy) is 3. The van der Waals surface area contributed by atoms with Crippen molar-refractivity contribution in [3.63, 3.8) is 0 Å². The van der Waals surface area contributed by atoms with Gasteiger partial charge in [-0.1, -0.05) is 30.3 Å². The lowest BCUT2D eigenvalue weighted by molar-refractivity contribution is -0.256. The Hall–Kier alpha value is -2.99. The predicted molar refractivity (Wildman–Crippen MR) is 104 cm³/mol. The first kappa shape index (κ1) is 18.1. The molecule has 3 nitrogen and oxygen atoms in total. The SMILES string of the molecule is COc1ccc2c3c(c4c(c2c1)OCC=C4)C(OC)(C(F)(F)F)c1ccccc1-3. The molecule has 0 fully saturated rings. The van der Waals surface area contributed by atoms with Gasteiger partial charge in [-0.3, -0.25) is 0 Å². The van der Waals surface area contributed by atoms with Crippen LogP contribution in [0.4, 0.5) is 13.2 Å². The molecule has 0 bridgehead atoms. The summed E-state index contributed by atoms with van der Waals surface area (Å²) in [4.78, 5) is 0. The molecular formula is C23H17F3O3. The van der Waals surface area contributed by atoms with Crippen molar-refractivity contribution in [2.24, 2.45) is 0 Å². The van der Waals surface area contributed by atoms with E-state index >= 15 is 0 Å². The smallest absolute Gasteiger partial charge is 0.426 e. The lowest BCUT2D eigenvalue weighted by atomic mass is 9.84. The zero-order valence-electron chi connectivity index (χ0n) is 15.8. The Bertz CT molecular complexity index is 1180. The number of rotatable bonds is 2. The Morgan fingerprint density at radius 1 is 1.03 bits per heavy atom. The summed E-state index contributed by atoms with van der Waals surface area (Å²) in [5.74, 6) is 1.02. The van der Waals surface area contributed by atoms with Crippen LogP contribution in [0.1, 0.15) is 16.7 Å². The summed E-state index contributed by atoms with van der Waals surface area (Å²) in [6.45, 7) is 0.289. The molecule has 1 unspecified atom stereocenters. The average Bonchev–Trinajstić information content (AvgIpc) is 3.05. The third kappa shape index (κ3) is 2.18. The Kier molecular flexibility index (Phi) is 3.74. The second kappa shape index (κ2) is 6.00. The van der Waals surface area contributed by atoms with E-state index in [1.165, 1.54) is 6.07 Å². The van der Waals surface area contributed by atoms with Gasteiger partial charge in [-0.25, -0.2) is 0 Å². The summed E-state index contributed by atoms with van der Waals surface area (Å²) >= 11 is 0. The summed E-state index contributed by atoms with van der Waals surface area (Å²) in [6.07, 6.45) is -1.25. The maximum atomic E-state index is 14.7. The molecule has 3 aromatic carbocycles. The molecule has 0 saturated heterocycles. The van der Waals surface area contributed by atoms with Crippen molar-refractivity contribution in [3.8, 4) is 22.6 Å². The highest BCUT2D eigenvalue weighted by atomic mass is 19.4. The summed E-state index contributed by atoms with van der Waals surface area (Å²) in [6, 6.07) is 11.9. The topological polar surface area (TPSA) is 27.7 Å². The Labute approximate surface area is 165 Å². The molecule has 1 aliphatic heterocycles. The van der Waals surface area contributed by atoms with Crippen LogP contribution in [0.3, 0.4) is 0 Å². The fraction of sp³-hybridized carbons (Fsp3) is 0.217. The predicted octanol–water partition coefficient (Wildman–Crippen LogP) is 5.69.